The largest absolute Gasteiger partial charge is 0.342 e. The van der Waals surface area contributed by atoms with E-state index in [2.05, 4.69) is 34.4 Å². The molecule has 0 radical (unpaired) electrons. The van der Waals surface area contributed by atoms with Gasteiger partial charge in [0.25, 0.3) is 5.91 Å². The van der Waals surface area contributed by atoms with Gasteiger partial charge in [0.05, 0.1) is 11.0 Å². The quantitative estimate of drug-likeness (QED) is 0.675. The predicted octanol–water partition coefficient (Wildman–Crippen LogP) is 3.90. The van der Waals surface area contributed by atoms with Crippen LogP contribution in [0.4, 0.5) is 11.4 Å². The van der Waals surface area contributed by atoms with E-state index in [1.165, 1.54) is 6.92 Å². The van der Waals surface area contributed by atoms with Crippen LogP contribution in [0.25, 0.3) is 11.0 Å². The molecule has 2 amide bonds. The molecule has 0 atom stereocenters. The molecule has 128 valence electrons. The summed E-state index contributed by atoms with van der Waals surface area (Å²) in [7, 11) is 0. The van der Waals surface area contributed by atoms with Crippen molar-refractivity contribution in [3.63, 3.8) is 0 Å². The van der Waals surface area contributed by atoms with E-state index in [0.29, 0.717) is 22.9 Å². The number of fused-ring (bicyclic) bond motifs is 1. The molecule has 0 spiro atoms. The van der Waals surface area contributed by atoms with Gasteiger partial charge in [0.1, 0.15) is 5.82 Å². The van der Waals surface area contributed by atoms with Crippen LogP contribution in [0.5, 0.6) is 0 Å². The minimum Gasteiger partial charge on any atom is -0.342 e. The highest BCUT2D eigenvalue weighted by Crippen LogP contribution is 2.21. The molecule has 0 aliphatic rings. The lowest BCUT2D eigenvalue weighted by atomic mass is 10.1. The summed E-state index contributed by atoms with van der Waals surface area (Å²) in [4.78, 5) is 31.4. The Hall–Kier alpha value is -3.15. The highest BCUT2D eigenvalue weighted by atomic mass is 16.2. The fourth-order valence-electron chi connectivity index (χ4n) is 2.53. The van der Waals surface area contributed by atoms with E-state index in [4.69, 9.17) is 0 Å². The Morgan fingerprint density at radius 1 is 1.04 bits per heavy atom. The third kappa shape index (κ3) is 3.85. The van der Waals surface area contributed by atoms with Crippen LogP contribution in [0, 0.1) is 0 Å². The smallest absolute Gasteiger partial charge is 0.255 e. The Kier molecular flexibility index (Phi) is 4.52. The van der Waals surface area contributed by atoms with Crippen LogP contribution in [0.15, 0.2) is 42.5 Å². The minimum absolute atomic E-state index is 0.178. The van der Waals surface area contributed by atoms with E-state index in [-0.39, 0.29) is 11.8 Å². The summed E-state index contributed by atoms with van der Waals surface area (Å²) in [5.74, 6) is 0.807. The fourth-order valence-corrected chi connectivity index (χ4v) is 2.53. The number of H-pyrrole nitrogens is 1. The molecule has 25 heavy (non-hydrogen) atoms. The number of aromatic nitrogens is 2. The molecule has 0 saturated carbocycles. The first-order valence-corrected chi connectivity index (χ1v) is 8.11. The van der Waals surface area contributed by atoms with Gasteiger partial charge in [-0.1, -0.05) is 19.9 Å². The number of nitrogens with one attached hydrogen (secondary N) is 3. The second-order valence-corrected chi connectivity index (χ2v) is 6.22. The lowest BCUT2D eigenvalue weighted by Gasteiger charge is -2.07. The number of hydrogen-bond donors (Lipinski definition) is 3. The van der Waals surface area contributed by atoms with Crippen LogP contribution in [-0.2, 0) is 4.79 Å². The maximum atomic E-state index is 12.5. The molecule has 2 aromatic carbocycles. The van der Waals surface area contributed by atoms with Crippen LogP contribution in [0.1, 0.15) is 42.9 Å². The molecule has 0 aliphatic heterocycles. The highest BCUT2D eigenvalue weighted by molar-refractivity contribution is 6.05. The summed E-state index contributed by atoms with van der Waals surface area (Å²) in [6.07, 6.45) is 0. The monoisotopic (exact) mass is 336 g/mol. The summed E-state index contributed by atoms with van der Waals surface area (Å²) < 4.78 is 0. The van der Waals surface area contributed by atoms with Crippen LogP contribution < -0.4 is 10.6 Å². The predicted molar refractivity (Wildman–Crippen MR) is 98.9 cm³/mol. The van der Waals surface area contributed by atoms with Crippen molar-refractivity contribution < 1.29 is 9.59 Å². The molecular formula is C19H20N4O2. The number of aromatic amines is 1. The van der Waals surface area contributed by atoms with E-state index in [1.807, 2.05) is 18.2 Å². The molecule has 0 unspecified atom stereocenters. The number of carbonyl (C=O) groups excluding carboxylic acids is 2. The van der Waals surface area contributed by atoms with Crippen molar-refractivity contribution in [2.24, 2.45) is 0 Å². The van der Waals surface area contributed by atoms with Gasteiger partial charge in [-0.3, -0.25) is 9.59 Å². The molecule has 3 aromatic rings. The number of anilines is 2. The molecule has 1 heterocycles. The molecule has 0 saturated heterocycles. The van der Waals surface area contributed by atoms with E-state index in [1.54, 1.807) is 24.3 Å². The van der Waals surface area contributed by atoms with Gasteiger partial charge < -0.3 is 15.6 Å². The van der Waals surface area contributed by atoms with Gasteiger partial charge in [-0.15, -0.1) is 0 Å². The summed E-state index contributed by atoms with van der Waals surface area (Å²) >= 11 is 0. The molecule has 6 heteroatoms. The Labute approximate surface area is 145 Å². The van der Waals surface area contributed by atoms with Gasteiger partial charge in [0.15, 0.2) is 0 Å². The average molecular weight is 336 g/mol. The van der Waals surface area contributed by atoms with Gasteiger partial charge >= 0.3 is 0 Å². The molecule has 6 nitrogen and oxygen atoms in total. The van der Waals surface area contributed by atoms with E-state index < -0.39 is 0 Å². The first kappa shape index (κ1) is 16.7. The molecule has 3 N–H and O–H groups in total. The summed E-state index contributed by atoms with van der Waals surface area (Å²) in [5.41, 5.74) is 3.49. The number of benzene rings is 2. The Morgan fingerprint density at radius 3 is 2.52 bits per heavy atom. The molecule has 0 aliphatic carbocycles. The summed E-state index contributed by atoms with van der Waals surface area (Å²) in [5, 5.41) is 5.54. The number of hydrogen-bond acceptors (Lipinski definition) is 3. The third-order valence-electron chi connectivity index (χ3n) is 3.75. The van der Waals surface area contributed by atoms with Crippen molar-refractivity contribution >= 4 is 34.2 Å². The van der Waals surface area contributed by atoms with E-state index >= 15 is 0 Å². The topological polar surface area (TPSA) is 86.9 Å². The molecule has 1 aromatic heterocycles. The molecule has 3 rings (SSSR count). The van der Waals surface area contributed by atoms with Gasteiger partial charge in [-0.25, -0.2) is 4.98 Å². The molecular weight excluding hydrogens is 316 g/mol. The average Bonchev–Trinajstić information content (AvgIpc) is 2.98. The zero-order chi connectivity index (χ0) is 18.0. The SMILES string of the molecule is CC(=O)Nc1cccc(C(=O)Nc2ccc3nc(C(C)C)[nH]c3c2)c1. The van der Waals surface area contributed by atoms with E-state index in [0.717, 1.165) is 16.9 Å². The lowest BCUT2D eigenvalue weighted by molar-refractivity contribution is -0.114. The highest BCUT2D eigenvalue weighted by Gasteiger charge is 2.10. The number of amides is 2. The van der Waals surface area contributed by atoms with Gasteiger partial charge in [0, 0.05) is 29.8 Å². The second kappa shape index (κ2) is 6.76. The Morgan fingerprint density at radius 2 is 1.80 bits per heavy atom. The standard InChI is InChI=1S/C19H20N4O2/c1-11(2)18-22-16-8-7-15(10-17(16)23-18)21-19(25)13-5-4-6-14(9-13)20-12(3)24/h4-11H,1-3H3,(H,20,24)(H,21,25)(H,22,23). The Balaban J connectivity index is 1.80. The first-order valence-electron chi connectivity index (χ1n) is 8.11. The van der Waals surface area contributed by atoms with Crippen LogP contribution in [0.2, 0.25) is 0 Å². The zero-order valence-corrected chi connectivity index (χ0v) is 14.4. The number of imidazole rings is 1. The van der Waals surface area contributed by atoms with E-state index in [9.17, 15) is 9.59 Å². The van der Waals surface area contributed by atoms with Crippen molar-refractivity contribution in [1.82, 2.24) is 9.97 Å². The number of carbonyl (C=O) groups is 2. The minimum atomic E-state index is -0.241. The molecule has 0 fully saturated rings. The lowest BCUT2D eigenvalue weighted by Crippen LogP contribution is -2.13. The number of rotatable bonds is 4. The van der Waals surface area contributed by atoms with Gasteiger partial charge in [0.2, 0.25) is 5.91 Å². The first-order chi connectivity index (χ1) is 11.9. The zero-order valence-electron chi connectivity index (χ0n) is 14.4. The fraction of sp³-hybridized carbons (Fsp3) is 0.211. The number of nitrogens with zero attached hydrogens (tertiary/aromatic N) is 1. The van der Waals surface area contributed by atoms with Gasteiger partial charge in [-0.05, 0) is 36.4 Å². The van der Waals surface area contributed by atoms with Crippen molar-refractivity contribution in [3.8, 4) is 0 Å². The second-order valence-electron chi connectivity index (χ2n) is 6.22. The van der Waals surface area contributed by atoms with Crippen molar-refractivity contribution in [1.29, 1.82) is 0 Å². The van der Waals surface area contributed by atoms with Gasteiger partial charge in [-0.2, -0.15) is 0 Å². The van der Waals surface area contributed by atoms with Crippen molar-refractivity contribution in [2.75, 3.05) is 10.6 Å². The van der Waals surface area contributed by atoms with Crippen LogP contribution in [-0.4, -0.2) is 21.8 Å². The van der Waals surface area contributed by atoms with Crippen molar-refractivity contribution in [2.45, 2.75) is 26.7 Å². The Bertz CT molecular complexity index is 944. The maximum Gasteiger partial charge on any atom is 0.255 e. The summed E-state index contributed by atoms with van der Waals surface area (Å²) in [6, 6.07) is 12.4. The van der Waals surface area contributed by atoms with Crippen LogP contribution in [0.3, 0.4) is 0 Å². The molecule has 0 bridgehead atoms. The van der Waals surface area contributed by atoms with Crippen LogP contribution >= 0.6 is 0 Å². The maximum absolute atomic E-state index is 12.5. The third-order valence-corrected chi connectivity index (χ3v) is 3.75. The summed E-state index contributed by atoms with van der Waals surface area (Å²) in [6.45, 7) is 5.57. The van der Waals surface area contributed by atoms with Crippen molar-refractivity contribution in [3.05, 3.63) is 53.9 Å². The normalized spacial score (nSPS) is 10.9.